The Labute approximate surface area is 127 Å². The van der Waals surface area contributed by atoms with Crippen molar-refractivity contribution in [1.82, 2.24) is 0 Å². The van der Waals surface area contributed by atoms with E-state index in [1.165, 1.54) is 11.3 Å². The minimum atomic E-state index is -0.156. The number of nitrogens with two attached hydrogens (primary N) is 1. The normalized spacial score (nSPS) is 14.3. The number of ether oxygens (including phenoxy) is 1. The van der Waals surface area contributed by atoms with Gasteiger partial charge in [-0.1, -0.05) is 35.3 Å². The van der Waals surface area contributed by atoms with Crippen LogP contribution in [0.3, 0.4) is 0 Å². The molecule has 0 bridgehead atoms. The quantitative estimate of drug-likeness (QED) is 0.870. The Bertz CT molecular complexity index is 542. The summed E-state index contributed by atoms with van der Waals surface area (Å²) in [6.45, 7) is 2.40. The minimum absolute atomic E-state index is 0.103. The van der Waals surface area contributed by atoms with Crippen LogP contribution in [0.5, 0.6) is 0 Å². The van der Waals surface area contributed by atoms with Crippen LogP contribution in [0.15, 0.2) is 36.4 Å². The van der Waals surface area contributed by atoms with Crippen molar-refractivity contribution in [2.24, 2.45) is 5.73 Å². The Morgan fingerprint density at radius 1 is 1.26 bits per heavy atom. The number of rotatable bonds is 5. The number of halogens is 2. The molecular formula is C14H15Cl2NOS. The maximum Gasteiger partial charge on any atom is 0.107 e. The fourth-order valence-electron chi connectivity index (χ4n) is 1.79. The van der Waals surface area contributed by atoms with Gasteiger partial charge in [-0.05, 0) is 36.8 Å². The second kappa shape index (κ2) is 6.73. The third-order valence-electron chi connectivity index (χ3n) is 2.67. The molecule has 0 aliphatic heterocycles. The van der Waals surface area contributed by atoms with Crippen molar-refractivity contribution in [3.63, 3.8) is 0 Å². The average molecular weight is 316 g/mol. The molecule has 2 atom stereocenters. The summed E-state index contributed by atoms with van der Waals surface area (Å²) < 4.78 is 6.65. The zero-order chi connectivity index (χ0) is 13.8. The molecule has 2 aromatic rings. The third-order valence-corrected chi connectivity index (χ3v) is 4.20. The van der Waals surface area contributed by atoms with Crippen molar-refractivity contribution >= 4 is 34.5 Å². The summed E-state index contributed by atoms with van der Waals surface area (Å²) in [4.78, 5) is 1.04. The summed E-state index contributed by atoms with van der Waals surface area (Å²) in [5.41, 5.74) is 7.01. The predicted octanol–water partition coefficient (Wildman–Crippen LogP) is 4.66. The maximum absolute atomic E-state index is 5.98. The molecule has 0 fully saturated rings. The molecule has 0 spiro atoms. The second-order valence-corrected chi connectivity index (χ2v) is 6.55. The molecule has 2 nitrogen and oxygen atoms in total. The molecule has 1 aromatic heterocycles. The summed E-state index contributed by atoms with van der Waals surface area (Å²) >= 11 is 13.4. The van der Waals surface area contributed by atoms with Gasteiger partial charge in [0.25, 0.3) is 0 Å². The molecule has 0 saturated heterocycles. The first-order valence-electron chi connectivity index (χ1n) is 5.93. The van der Waals surface area contributed by atoms with Gasteiger partial charge in [-0.2, -0.15) is 0 Å². The van der Waals surface area contributed by atoms with E-state index in [2.05, 4.69) is 0 Å². The lowest BCUT2D eigenvalue weighted by Crippen LogP contribution is -2.26. The third kappa shape index (κ3) is 4.20. The van der Waals surface area contributed by atoms with E-state index in [0.29, 0.717) is 11.6 Å². The van der Waals surface area contributed by atoms with Crippen molar-refractivity contribution in [1.29, 1.82) is 0 Å². The van der Waals surface area contributed by atoms with E-state index < -0.39 is 0 Å². The van der Waals surface area contributed by atoms with Gasteiger partial charge in [0, 0.05) is 15.9 Å². The maximum atomic E-state index is 5.98. The van der Waals surface area contributed by atoms with Gasteiger partial charge >= 0.3 is 0 Å². The van der Waals surface area contributed by atoms with Crippen molar-refractivity contribution in [2.75, 3.05) is 0 Å². The lowest BCUT2D eigenvalue weighted by atomic mass is 10.1. The zero-order valence-corrected chi connectivity index (χ0v) is 12.8. The Balaban J connectivity index is 2.06. The summed E-state index contributed by atoms with van der Waals surface area (Å²) in [5.74, 6) is 0. The lowest BCUT2D eigenvalue weighted by Gasteiger charge is -2.20. The molecule has 2 unspecified atom stereocenters. The van der Waals surface area contributed by atoms with Crippen LogP contribution < -0.4 is 5.73 Å². The molecule has 0 aliphatic carbocycles. The fourth-order valence-corrected chi connectivity index (χ4v) is 3.23. The highest BCUT2D eigenvalue weighted by molar-refractivity contribution is 7.16. The van der Waals surface area contributed by atoms with Gasteiger partial charge in [0.1, 0.15) is 6.10 Å². The monoisotopic (exact) mass is 315 g/mol. The Kier molecular flexibility index (Phi) is 5.25. The van der Waals surface area contributed by atoms with Gasteiger partial charge in [0.2, 0.25) is 0 Å². The van der Waals surface area contributed by atoms with E-state index in [1.807, 2.05) is 43.3 Å². The van der Waals surface area contributed by atoms with Crippen molar-refractivity contribution in [3.8, 4) is 0 Å². The van der Waals surface area contributed by atoms with Gasteiger partial charge in [-0.25, -0.2) is 0 Å². The number of benzene rings is 1. The van der Waals surface area contributed by atoms with Gasteiger partial charge in [0.15, 0.2) is 0 Å². The number of thiophene rings is 1. The average Bonchev–Trinajstić information content (AvgIpc) is 2.76. The molecule has 19 heavy (non-hydrogen) atoms. The van der Waals surface area contributed by atoms with Crippen LogP contribution in [0.4, 0.5) is 0 Å². The number of hydrogen-bond donors (Lipinski definition) is 1. The zero-order valence-electron chi connectivity index (χ0n) is 10.5. The smallest absolute Gasteiger partial charge is 0.107 e. The molecule has 5 heteroatoms. The SMILES string of the molecule is CC(N)C(OCc1cccc(Cl)c1)c1ccc(Cl)s1. The molecule has 1 heterocycles. The largest absolute Gasteiger partial charge is 0.366 e. The molecule has 0 saturated carbocycles. The standard InChI is InChI=1S/C14H15Cl2NOS/c1-9(17)14(12-5-6-13(16)19-12)18-8-10-3-2-4-11(15)7-10/h2-7,9,14H,8,17H2,1H3. The van der Waals surface area contributed by atoms with Crippen LogP contribution in [0.2, 0.25) is 9.36 Å². The Hall–Kier alpha value is -0.580. The van der Waals surface area contributed by atoms with E-state index in [9.17, 15) is 0 Å². The molecule has 2 rings (SSSR count). The molecule has 0 amide bonds. The van der Waals surface area contributed by atoms with Crippen molar-refractivity contribution in [3.05, 3.63) is 56.2 Å². The Morgan fingerprint density at radius 2 is 2.05 bits per heavy atom. The predicted molar refractivity (Wildman–Crippen MR) is 82.0 cm³/mol. The Morgan fingerprint density at radius 3 is 2.63 bits per heavy atom. The van der Waals surface area contributed by atoms with Crippen LogP contribution in [0.25, 0.3) is 0 Å². The van der Waals surface area contributed by atoms with Gasteiger partial charge in [-0.3, -0.25) is 0 Å². The van der Waals surface area contributed by atoms with E-state index in [1.54, 1.807) is 0 Å². The highest BCUT2D eigenvalue weighted by Gasteiger charge is 2.19. The molecule has 102 valence electrons. The molecule has 0 aliphatic rings. The van der Waals surface area contributed by atoms with Crippen LogP contribution in [0.1, 0.15) is 23.5 Å². The summed E-state index contributed by atoms with van der Waals surface area (Å²) in [6, 6.07) is 11.3. The van der Waals surface area contributed by atoms with Crippen LogP contribution >= 0.6 is 34.5 Å². The van der Waals surface area contributed by atoms with Gasteiger partial charge in [-0.15, -0.1) is 11.3 Å². The topological polar surface area (TPSA) is 35.2 Å². The van der Waals surface area contributed by atoms with Gasteiger partial charge < -0.3 is 10.5 Å². The summed E-state index contributed by atoms with van der Waals surface area (Å²) in [5, 5.41) is 0.706. The molecular weight excluding hydrogens is 301 g/mol. The van der Waals surface area contributed by atoms with E-state index in [0.717, 1.165) is 14.8 Å². The van der Waals surface area contributed by atoms with Crippen molar-refractivity contribution in [2.45, 2.75) is 25.7 Å². The highest BCUT2D eigenvalue weighted by atomic mass is 35.5. The molecule has 1 aromatic carbocycles. The minimum Gasteiger partial charge on any atom is -0.366 e. The summed E-state index contributed by atoms with van der Waals surface area (Å²) in [7, 11) is 0. The van der Waals surface area contributed by atoms with Crippen molar-refractivity contribution < 1.29 is 4.74 Å². The second-order valence-electron chi connectivity index (χ2n) is 4.36. The van der Waals surface area contributed by atoms with E-state index in [-0.39, 0.29) is 12.1 Å². The summed E-state index contributed by atoms with van der Waals surface area (Å²) in [6.07, 6.45) is -0.156. The van der Waals surface area contributed by atoms with Crippen LogP contribution in [-0.4, -0.2) is 6.04 Å². The van der Waals surface area contributed by atoms with E-state index >= 15 is 0 Å². The van der Waals surface area contributed by atoms with E-state index in [4.69, 9.17) is 33.7 Å². The van der Waals surface area contributed by atoms with Crippen LogP contribution in [-0.2, 0) is 11.3 Å². The lowest BCUT2D eigenvalue weighted by molar-refractivity contribution is 0.0282. The first-order valence-corrected chi connectivity index (χ1v) is 7.50. The van der Waals surface area contributed by atoms with Gasteiger partial charge in [0.05, 0.1) is 10.9 Å². The van der Waals surface area contributed by atoms with Crippen LogP contribution in [0, 0.1) is 0 Å². The number of hydrogen-bond acceptors (Lipinski definition) is 3. The first kappa shape index (κ1) is 14.8. The fraction of sp³-hybridized carbons (Fsp3) is 0.286. The highest BCUT2D eigenvalue weighted by Crippen LogP contribution is 2.31. The molecule has 0 radical (unpaired) electrons. The first-order chi connectivity index (χ1) is 9.06. The molecule has 2 N–H and O–H groups in total.